The quantitative estimate of drug-likeness (QED) is 0.559. The first-order chi connectivity index (χ1) is 8.06. The first-order valence-electron chi connectivity index (χ1n) is 5.29. The molecule has 0 radical (unpaired) electrons. The summed E-state index contributed by atoms with van der Waals surface area (Å²) in [6, 6.07) is 0. The van der Waals surface area contributed by atoms with Crippen molar-refractivity contribution < 1.29 is 19.8 Å². The first-order valence-corrected chi connectivity index (χ1v) is 5.29. The Balaban J connectivity index is 2.53. The number of aliphatic hydroxyl groups excluding tert-OH is 1. The Bertz CT molecular complexity index is 402. The minimum absolute atomic E-state index is 0.150. The van der Waals surface area contributed by atoms with Crippen LogP contribution in [0.1, 0.15) is 40.7 Å². The lowest BCUT2D eigenvalue weighted by Crippen LogP contribution is -2.28. The predicted octanol–water partition coefficient (Wildman–Crippen LogP) is -0.00130. The number of aromatic nitrogens is 2. The maximum atomic E-state index is 11.6. The van der Waals surface area contributed by atoms with Gasteiger partial charge in [-0.1, -0.05) is 6.92 Å². The highest BCUT2D eigenvalue weighted by atomic mass is 16.4. The number of imidazole rings is 1. The number of rotatable bonds is 6. The zero-order valence-electron chi connectivity index (χ0n) is 9.43. The average molecular weight is 241 g/mol. The van der Waals surface area contributed by atoms with Gasteiger partial charge in [0.1, 0.15) is 0 Å². The molecule has 0 saturated carbocycles. The van der Waals surface area contributed by atoms with Crippen molar-refractivity contribution >= 4 is 11.9 Å². The van der Waals surface area contributed by atoms with Gasteiger partial charge in [-0.3, -0.25) is 4.79 Å². The lowest BCUT2D eigenvalue weighted by atomic mass is 10.2. The topological polar surface area (TPSA) is 115 Å². The standard InChI is InChI=1S/C10H15N3O4/c1-2-6(14)3-4-11-9(15)7-8(10(16)17)13-5-12-7/h5-6,14H,2-4H2,1H3,(H,11,15)(H,12,13)(H,16,17). The Morgan fingerprint density at radius 1 is 1.59 bits per heavy atom. The van der Waals surface area contributed by atoms with Gasteiger partial charge in [-0.05, 0) is 12.8 Å². The van der Waals surface area contributed by atoms with E-state index in [2.05, 4.69) is 15.3 Å². The number of nitrogens with zero attached hydrogens (tertiary/aromatic N) is 1. The SMILES string of the molecule is CCC(O)CCNC(=O)c1nc[nH]c1C(=O)O. The summed E-state index contributed by atoms with van der Waals surface area (Å²) >= 11 is 0. The Morgan fingerprint density at radius 2 is 2.29 bits per heavy atom. The van der Waals surface area contributed by atoms with E-state index in [-0.39, 0.29) is 17.9 Å². The molecule has 1 atom stereocenters. The number of nitrogens with one attached hydrogen (secondary N) is 2. The van der Waals surface area contributed by atoms with Crippen molar-refractivity contribution in [2.75, 3.05) is 6.54 Å². The van der Waals surface area contributed by atoms with Gasteiger partial charge in [0, 0.05) is 6.54 Å². The van der Waals surface area contributed by atoms with E-state index in [0.29, 0.717) is 12.8 Å². The van der Waals surface area contributed by atoms with Crippen molar-refractivity contribution in [3.63, 3.8) is 0 Å². The Kier molecular flexibility index (Phi) is 4.65. The molecule has 0 aliphatic rings. The van der Waals surface area contributed by atoms with Gasteiger partial charge < -0.3 is 20.5 Å². The number of hydrogen-bond donors (Lipinski definition) is 4. The molecule has 1 unspecified atom stereocenters. The third kappa shape index (κ3) is 3.56. The van der Waals surface area contributed by atoms with E-state index >= 15 is 0 Å². The van der Waals surface area contributed by atoms with Crippen molar-refractivity contribution in [2.24, 2.45) is 0 Å². The van der Waals surface area contributed by atoms with Crippen molar-refractivity contribution in [1.82, 2.24) is 15.3 Å². The van der Waals surface area contributed by atoms with Gasteiger partial charge in [-0.2, -0.15) is 0 Å². The van der Waals surface area contributed by atoms with Crippen molar-refractivity contribution in [2.45, 2.75) is 25.9 Å². The summed E-state index contributed by atoms with van der Waals surface area (Å²) in [5.74, 6) is -1.80. The second-order valence-electron chi connectivity index (χ2n) is 3.54. The Morgan fingerprint density at radius 3 is 2.88 bits per heavy atom. The van der Waals surface area contributed by atoms with Crippen LogP contribution in [0.4, 0.5) is 0 Å². The summed E-state index contributed by atoms with van der Waals surface area (Å²) in [5, 5.41) is 20.5. The fourth-order valence-corrected chi connectivity index (χ4v) is 1.27. The van der Waals surface area contributed by atoms with Crippen molar-refractivity contribution in [1.29, 1.82) is 0 Å². The molecular formula is C10H15N3O4. The highest BCUT2D eigenvalue weighted by molar-refractivity contribution is 6.02. The number of aromatic carboxylic acids is 1. The van der Waals surface area contributed by atoms with Crippen LogP contribution in [0.5, 0.6) is 0 Å². The highest BCUT2D eigenvalue weighted by Crippen LogP contribution is 2.02. The van der Waals surface area contributed by atoms with E-state index < -0.39 is 18.0 Å². The van der Waals surface area contributed by atoms with Gasteiger partial charge >= 0.3 is 5.97 Å². The van der Waals surface area contributed by atoms with Gasteiger partial charge in [-0.25, -0.2) is 9.78 Å². The third-order valence-corrected chi connectivity index (χ3v) is 2.30. The van der Waals surface area contributed by atoms with Crippen LogP contribution in [-0.2, 0) is 0 Å². The van der Waals surface area contributed by atoms with Crippen molar-refractivity contribution in [3.05, 3.63) is 17.7 Å². The number of H-pyrrole nitrogens is 1. The van der Waals surface area contributed by atoms with Crippen LogP contribution in [0, 0.1) is 0 Å². The summed E-state index contributed by atoms with van der Waals surface area (Å²) in [6.45, 7) is 2.11. The van der Waals surface area contributed by atoms with Crippen LogP contribution in [0.15, 0.2) is 6.33 Å². The van der Waals surface area contributed by atoms with Crippen molar-refractivity contribution in [3.8, 4) is 0 Å². The average Bonchev–Trinajstić information content (AvgIpc) is 2.77. The summed E-state index contributed by atoms with van der Waals surface area (Å²) in [5.41, 5.74) is -0.387. The number of carbonyl (C=O) groups is 2. The molecule has 0 bridgehead atoms. The maximum absolute atomic E-state index is 11.6. The second kappa shape index (κ2) is 6.00. The molecule has 0 spiro atoms. The molecule has 0 aliphatic carbocycles. The molecule has 94 valence electrons. The number of aromatic amines is 1. The molecule has 17 heavy (non-hydrogen) atoms. The normalized spacial score (nSPS) is 12.1. The number of amides is 1. The van der Waals surface area contributed by atoms with E-state index in [1.54, 1.807) is 0 Å². The monoisotopic (exact) mass is 241 g/mol. The molecule has 1 amide bonds. The zero-order chi connectivity index (χ0) is 12.8. The van der Waals surface area contributed by atoms with Crippen LogP contribution in [-0.4, -0.2) is 44.7 Å². The smallest absolute Gasteiger partial charge is 0.354 e. The van der Waals surface area contributed by atoms with Gasteiger partial charge in [-0.15, -0.1) is 0 Å². The predicted molar refractivity (Wildman–Crippen MR) is 58.8 cm³/mol. The molecule has 7 heteroatoms. The lowest BCUT2D eigenvalue weighted by Gasteiger charge is -2.08. The minimum Gasteiger partial charge on any atom is -0.477 e. The third-order valence-electron chi connectivity index (χ3n) is 2.30. The van der Waals surface area contributed by atoms with E-state index in [4.69, 9.17) is 5.11 Å². The summed E-state index contributed by atoms with van der Waals surface area (Å²) in [7, 11) is 0. The number of hydrogen-bond acceptors (Lipinski definition) is 4. The van der Waals surface area contributed by atoms with Gasteiger partial charge in [0.15, 0.2) is 11.4 Å². The molecule has 4 N–H and O–H groups in total. The van der Waals surface area contributed by atoms with E-state index in [1.165, 1.54) is 0 Å². The van der Waals surface area contributed by atoms with Crippen LogP contribution < -0.4 is 5.32 Å². The molecule has 1 rings (SSSR count). The largest absolute Gasteiger partial charge is 0.477 e. The lowest BCUT2D eigenvalue weighted by molar-refractivity contribution is 0.0684. The first kappa shape index (κ1) is 13.2. The number of carboxylic acid groups (broad SMARTS) is 1. The second-order valence-corrected chi connectivity index (χ2v) is 3.54. The molecular weight excluding hydrogens is 226 g/mol. The zero-order valence-corrected chi connectivity index (χ0v) is 9.43. The number of carboxylic acids is 1. The summed E-state index contributed by atoms with van der Waals surface area (Å²) in [4.78, 5) is 28.3. The summed E-state index contributed by atoms with van der Waals surface area (Å²) < 4.78 is 0. The molecule has 0 aromatic carbocycles. The van der Waals surface area contributed by atoms with Crippen LogP contribution in [0.3, 0.4) is 0 Å². The number of carbonyl (C=O) groups excluding carboxylic acids is 1. The van der Waals surface area contributed by atoms with Crippen LogP contribution in [0.25, 0.3) is 0 Å². The Labute approximate surface area is 97.9 Å². The molecule has 0 fully saturated rings. The van der Waals surface area contributed by atoms with Crippen LogP contribution in [0.2, 0.25) is 0 Å². The fourth-order valence-electron chi connectivity index (χ4n) is 1.27. The summed E-state index contributed by atoms with van der Waals surface area (Å²) in [6.07, 6.45) is 1.72. The fraction of sp³-hybridized carbons (Fsp3) is 0.500. The minimum atomic E-state index is -1.23. The maximum Gasteiger partial charge on any atom is 0.354 e. The number of aliphatic hydroxyl groups is 1. The van der Waals surface area contributed by atoms with E-state index in [1.807, 2.05) is 6.92 Å². The van der Waals surface area contributed by atoms with Gasteiger partial charge in [0.2, 0.25) is 0 Å². The Hall–Kier alpha value is -1.89. The molecule has 1 heterocycles. The molecule has 1 aromatic heterocycles. The van der Waals surface area contributed by atoms with Gasteiger partial charge in [0.25, 0.3) is 5.91 Å². The van der Waals surface area contributed by atoms with E-state index in [0.717, 1.165) is 6.33 Å². The highest BCUT2D eigenvalue weighted by Gasteiger charge is 2.19. The van der Waals surface area contributed by atoms with Crippen LogP contribution >= 0.6 is 0 Å². The molecule has 1 aromatic rings. The molecule has 0 aliphatic heterocycles. The van der Waals surface area contributed by atoms with Gasteiger partial charge in [0.05, 0.1) is 12.4 Å². The molecule has 0 saturated heterocycles. The van der Waals surface area contributed by atoms with E-state index in [9.17, 15) is 14.7 Å². The molecule has 7 nitrogen and oxygen atoms in total.